The van der Waals surface area contributed by atoms with Gasteiger partial charge < -0.3 is 25.8 Å². The summed E-state index contributed by atoms with van der Waals surface area (Å²) in [5, 5.41) is 13.4. The molecule has 1 aromatic rings. The van der Waals surface area contributed by atoms with Gasteiger partial charge in [0.05, 0.1) is 17.3 Å². The highest BCUT2D eigenvalue weighted by atomic mass is 16.5. The number of phenolic OH excluding ortho intramolecular Hbond substituents is 1. The zero-order chi connectivity index (χ0) is 17.4. The van der Waals surface area contributed by atoms with Gasteiger partial charge in [-0.1, -0.05) is 12.1 Å². The molecule has 0 unspecified atom stereocenters. The Bertz CT molecular complexity index is 769. The van der Waals surface area contributed by atoms with E-state index in [0.29, 0.717) is 23.2 Å². The van der Waals surface area contributed by atoms with Crippen LogP contribution in [0, 0.1) is 6.92 Å². The van der Waals surface area contributed by atoms with Crippen LogP contribution >= 0.6 is 0 Å². The first-order valence-corrected chi connectivity index (χ1v) is 7.55. The van der Waals surface area contributed by atoms with Gasteiger partial charge in [0.15, 0.2) is 0 Å². The molecule has 0 saturated heterocycles. The Balaban J connectivity index is 2.04. The molecule has 24 heavy (non-hydrogen) atoms. The van der Waals surface area contributed by atoms with Gasteiger partial charge in [0, 0.05) is 19.4 Å². The van der Waals surface area contributed by atoms with E-state index in [0.717, 1.165) is 5.57 Å². The molecule has 2 heterocycles. The maximum Gasteiger partial charge on any atom is 0.260 e. The maximum absolute atomic E-state index is 12.9. The average molecular weight is 329 g/mol. The van der Waals surface area contributed by atoms with Gasteiger partial charge in [0.1, 0.15) is 12.0 Å². The SMILES string of the molecule is CO[C@@H]1Nc2c(ccc(C)c2O)C(=O)N2C=C(/C=C/C(N)=O)C[C@@H]12. The molecule has 2 aliphatic rings. The van der Waals surface area contributed by atoms with Crippen LogP contribution in [0.1, 0.15) is 22.3 Å². The summed E-state index contributed by atoms with van der Waals surface area (Å²) >= 11 is 0. The summed E-state index contributed by atoms with van der Waals surface area (Å²) in [6.07, 6.45) is 4.56. The number of fused-ring (bicyclic) bond motifs is 2. The van der Waals surface area contributed by atoms with Crippen molar-refractivity contribution in [1.82, 2.24) is 4.90 Å². The van der Waals surface area contributed by atoms with Gasteiger partial charge >= 0.3 is 0 Å². The second-order valence-electron chi connectivity index (χ2n) is 5.88. The van der Waals surface area contributed by atoms with Crippen LogP contribution in [0.25, 0.3) is 0 Å². The van der Waals surface area contributed by atoms with E-state index in [4.69, 9.17) is 10.5 Å². The number of nitrogens with two attached hydrogens (primary N) is 1. The van der Waals surface area contributed by atoms with Crippen LogP contribution in [0.2, 0.25) is 0 Å². The molecule has 0 radical (unpaired) electrons. The van der Waals surface area contributed by atoms with E-state index in [9.17, 15) is 14.7 Å². The molecule has 1 aromatic carbocycles. The van der Waals surface area contributed by atoms with Gasteiger partial charge in [-0.15, -0.1) is 0 Å². The van der Waals surface area contributed by atoms with E-state index in [1.54, 1.807) is 36.2 Å². The number of carbonyl (C=O) groups is 2. The molecular formula is C17H19N3O4. The summed E-state index contributed by atoms with van der Waals surface area (Å²) in [5.74, 6) is -0.738. The number of nitrogens with one attached hydrogen (secondary N) is 1. The van der Waals surface area contributed by atoms with Crippen LogP contribution in [0.3, 0.4) is 0 Å². The Morgan fingerprint density at radius 3 is 2.92 bits per heavy atom. The number of nitrogens with zero attached hydrogens (tertiary/aromatic N) is 1. The lowest BCUT2D eigenvalue weighted by atomic mass is 10.1. The van der Waals surface area contributed by atoms with E-state index < -0.39 is 12.1 Å². The van der Waals surface area contributed by atoms with Crippen molar-refractivity contribution in [3.8, 4) is 5.75 Å². The van der Waals surface area contributed by atoms with Crippen molar-refractivity contribution in [1.29, 1.82) is 0 Å². The normalized spacial score (nSPS) is 22.7. The first-order chi connectivity index (χ1) is 11.4. The van der Waals surface area contributed by atoms with Crippen LogP contribution in [0.5, 0.6) is 5.75 Å². The molecule has 0 spiro atoms. The minimum Gasteiger partial charge on any atom is -0.505 e. The largest absolute Gasteiger partial charge is 0.505 e. The third-order valence-electron chi connectivity index (χ3n) is 4.30. The molecular weight excluding hydrogens is 310 g/mol. The minimum atomic E-state index is -0.545. The first-order valence-electron chi connectivity index (χ1n) is 7.55. The van der Waals surface area contributed by atoms with Crippen LogP contribution in [-0.2, 0) is 9.53 Å². The van der Waals surface area contributed by atoms with Gasteiger partial charge in [0.25, 0.3) is 5.91 Å². The number of hydrogen-bond donors (Lipinski definition) is 3. The summed E-state index contributed by atoms with van der Waals surface area (Å²) in [6.45, 7) is 1.77. The molecule has 0 bridgehead atoms. The highest BCUT2D eigenvalue weighted by Gasteiger charge is 2.40. The highest BCUT2D eigenvalue weighted by Crippen LogP contribution is 2.38. The fraction of sp³-hybridized carbons (Fsp3) is 0.294. The number of carbonyl (C=O) groups excluding carboxylic acids is 2. The van der Waals surface area contributed by atoms with Crippen molar-refractivity contribution in [2.45, 2.75) is 25.6 Å². The standard InChI is InChI=1S/C17H19N3O4/c1-9-3-5-11-14(15(9)22)19-16(24-2)12-7-10(4-6-13(18)21)8-20(12)17(11)23/h3-6,8,12,16,19,22H,7H2,1-2H3,(H2,18,21)/b6-4+/t12-,16-/m0/s1. The first kappa shape index (κ1) is 16.1. The van der Waals surface area contributed by atoms with Crippen molar-refractivity contribution >= 4 is 17.5 Å². The van der Waals surface area contributed by atoms with E-state index in [2.05, 4.69) is 5.32 Å². The number of methoxy groups -OCH3 is 1. The highest BCUT2D eigenvalue weighted by molar-refractivity contribution is 6.03. The Morgan fingerprint density at radius 1 is 1.50 bits per heavy atom. The van der Waals surface area contributed by atoms with Gasteiger partial charge in [0.2, 0.25) is 5.91 Å². The number of benzene rings is 1. The molecule has 2 atom stereocenters. The number of anilines is 1. The summed E-state index contributed by atoms with van der Waals surface area (Å²) in [4.78, 5) is 25.4. The predicted molar refractivity (Wildman–Crippen MR) is 88.3 cm³/mol. The molecule has 3 rings (SSSR count). The van der Waals surface area contributed by atoms with E-state index in [-0.39, 0.29) is 17.7 Å². The van der Waals surface area contributed by atoms with Crippen molar-refractivity contribution < 1.29 is 19.4 Å². The van der Waals surface area contributed by atoms with Crippen LogP contribution < -0.4 is 11.1 Å². The fourth-order valence-corrected chi connectivity index (χ4v) is 3.04. The summed E-state index contributed by atoms with van der Waals surface area (Å²) < 4.78 is 5.49. The Hall–Kier alpha value is -2.80. The van der Waals surface area contributed by atoms with E-state index in [1.165, 1.54) is 13.2 Å². The fourth-order valence-electron chi connectivity index (χ4n) is 3.04. The number of ether oxygens (including phenoxy) is 1. The number of primary amides is 1. The lowest BCUT2D eigenvalue weighted by molar-refractivity contribution is -0.113. The number of allylic oxidation sites excluding steroid dienone is 1. The summed E-state index contributed by atoms with van der Waals surface area (Å²) in [6, 6.07) is 3.09. The number of hydrogen-bond acceptors (Lipinski definition) is 5. The summed E-state index contributed by atoms with van der Waals surface area (Å²) in [5.41, 5.74) is 7.35. The number of amides is 2. The molecule has 7 heteroatoms. The smallest absolute Gasteiger partial charge is 0.260 e. The molecule has 0 aliphatic carbocycles. The van der Waals surface area contributed by atoms with Gasteiger partial charge in [-0.25, -0.2) is 0 Å². The quantitative estimate of drug-likeness (QED) is 0.571. The third kappa shape index (κ3) is 2.63. The molecule has 0 saturated carbocycles. The molecule has 2 aliphatic heterocycles. The number of rotatable bonds is 3. The lowest BCUT2D eigenvalue weighted by Gasteiger charge is -2.27. The second-order valence-corrected chi connectivity index (χ2v) is 5.88. The molecule has 0 fully saturated rings. The van der Waals surface area contributed by atoms with Crippen molar-refractivity contribution in [2.75, 3.05) is 12.4 Å². The Kier molecular flexibility index (Phi) is 4.02. The van der Waals surface area contributed by atoms with Crippen LogP contribution in [-0.4, -0.2) is 41.2 Å². The second kappa shape index (κ2) is 6.01. The molecule has 4 N–H and O–H groups in total. The van der Waals surface area contributed by atoms with Gasteiger partial charge in [-0.3, -0.25) is 9.59 Å². The van der Waals surface area contributed by atoms with Gasteiger partial charge in [-0.05, 0) is 30.5 Å². The maximum atomic E-state index is 12.9. The predicted octanol–water partition coefficient (Wildman–Crippen LogP) is 1.24. The van der Waals surface area contributed by atoms with E-state index in [1.807, 2.05) is 0 Å². The average Bonchev–Trinajstić information content (AvgIpc) is 2.93. The number of aryl methyl sites for hydroxylation is 1. The van der Waals surface area contributed by atoms with Crippen LogP contribution in [0.15, 0.2) is 36.1 Å². The molecule has 2 amide bonds. The topological polar surface area (TPSA) is 105 Å². The zero-order valence-corrected chi connectivity index (χ0v) is 13.4. The van der Waals surface area contributed by atoms with Gasteiger partial charge in [-0.2, -0.15) is 0 Å². The lowest BCUT2D eigenvalue weighted by Crippen LogP contribution is -2.43. The number of phenols is 1. The summed E-state index contributed by atoms with van der Waals surface area (Å²) in [7, 11) is 1.54. The van der Waals surface area contributed by atoms with Crippen molar-refractivity contribution in [2.24, 2.45) is 5.73 Å². The Labute approximate surface area is 139 Å². The van der Waals surface area contributed by atoms with Crippen molar-refractivity contribution in [3.05, 3.63) is 47.2 Å². The Morgan fingerprint density at radius 2 is 2.25 bits per heavy atom. The van der Waals surface area contributed by atoms with Crippen LogP contribution in [0.4, 0.5) is 5.69 Å². The van der Waals surface area contributed by atoms with Crippen molar-refractivity contribution in [3.63, 3.8) is 0 Å². The number of aromatic hydroxyl groups is 1. The zero-order valence-electron chi connectivity index (χ0n) is 13.4. The van der Waals surface area contributed by atoms with E-state index >= 15 is 0 Å². The monoisotopic (exact) mass is 329 g/mol. The molecule has 126 valence electrons. The molecule has 7 nitrogen and oxygen atoms in total. The third-order valence-corrected chi connectivity index (χ3v) is 4.30. The molecule has 0 aromatic heterocycles. The minimum absolute atomic E-state index is 0.0434.